The number of hydrogen-bond donors (Lipinski definition) is 1. The molecule has 0 bridgehead atoms. The highest BCUT2D eigenvalue weighted by atomic mass is 16.2. The first-order valence-electron chi connectivity index (χ1n) is 6.57. The molecule has 1 unspecified atom stereocenters. The molecule has 2 rings (SSSR count). The van der Waals surface area contributed by atoms with Crippen molar-refractivity contribution in [3.8, 4) is 0 Å². The molecule has 2 aliphatic rings. The number of amides is 1. The molecule has 1 heterocycles. The Morgan fingerprint density at radius 3 is 2.76 bits per heavy atom. The van der Waals surface area contributed by atoms with Crippen LogP contribution in [0.15, 0.2) is 23.8 Å². The number of rotatable bonds is 2. The van der Waals surface area contributed by atoms with Crippen molar-refractivity contribution in [2.24, 2.45) is 11.3 Å². The van der Waals surface area contributed by atoms with Crippen molar-refractivity contribution < 1.29 is 4.79 Å². The van der Waals surface area contributed by atoms with Crippen LogP contribution in [0.4, 0.5) is 0 Å². The molecule has 0 spiro atoms. The van der Waals surface area contributed by atoms with E-state index in [0.29, 0.717) is 11.3 Å². The van der Waals surface area contributed by atoms with Gasteiger partial charge in [-0.05, 0) is 42.6 Å². The van der Waals surface area contributed by atoms with Crippen molar-refractivity contribution in [2.45, 2.75) is 52.5 Å². The van der Waals surface area contributed by atoms with E-state index >= 15 is 0 Å². The Balaban J connectivity index is 2.20. The second kappa shape index (κ2) is 4.32. The van der Waals surface area contributed by atoms with Crippen LogP contribution in [0, 0.1) is 11.3 Å². The van der Waals surface area contributed by atoms with Crippen molar-refractivity contribution >= 4 is 5.91 Å². The predicted octanol–water partition coefficient (Wildman–Crippen LogP) is 3.20. The second-order valence-electron chi connectivity index (χ2n) is 6.36. The molecule has 0 aromatic carbocycles. The van der Waals surface area contributed by atoms with Gasteiger partial charge < -0.3 is 5.32 Å². The van der Waals surface area contributed by atoms with Crippen LogP contribution in [0.25, 0.3) is 0 Å². The molecule has 2 heteroatoms. The molecule has 0 saturated carbocycles. The van der Waals surface area contributed by atoms with Crippen molar-refractivity contribution in [3.63, 3.8) is 0 Å². The zero-order valence-corrected chi connectivity index (χ0v) is 11.2. The fourth-order valence-corrected chi connectivity index (χ4v) is 3.02. The van der Waals surface area contributed by atoms with Crippen LogP contribution in [-0.4, -0.2) is 11.9 Å². The summed E-state index contributed by atoms with van der Waals surface area (Å²) in [7, 11) is 0. The Hall–Kier alpha value is -1.05. The highest BCUT2D eigenvalue weighted by molar-refractivity contribution is 5.97. The van der Waals surface area contributed by atoms with Crippen LogP contribution < -0.4 is 5.32 Å². The van der Waals surface area contributed by atoms with E-state index in [-0.39, 0.29) is 11.9 Å². The topological polar surface area (TPSA) is 29.1 Å². The van der Waals surface area contributed by atoms with Gasteiger partial charge in [-0.25, -0.2) is 0 Å². The third kappa shape index (κ3) is 2.31. The normalized spacial score (nSPS) is 29.0. The number of carbonyl (C=O) groups is 1. The van der Waals surface area contributed by atoms with E-state index in [2.05, 4.69) is 32.7 Å². The molecule has 1 aliphatic heterocycles. The van der Waals surface area contributed by atoms with Gasteiger partial charge in [0.15, 0.2) is 0 Å². The smallest absolute Gasteiger partial charge is 0.247 e. The average Bonchev–Trinajstić information content (AvgIpc) is 2.55. The molecule has 94 valence electrons. The summed E-state index contributed by atoms with van der Waals surface area (Å²) in [6.07, 6.45) is 5.95. The third-order valence-corrected chi connectivity index (χ3v) is 4.22. The van der Waals surface area contributed by atoms with Gasteiger partial charge >= 0.3 is 0 Å². The average molecular weight is 233 g/mol. The van der Waals surface area contributed by atoms with E-state index in [1.54, 1.807) is 0 Å². The summed E-state index contributed by atoms with van der Waals surface area (Å²) in [5.74, 6) is 0.862. The maximum Gasteiger partial charge on any atom is 0.247 e. The van der Waals surface area contributed by atoms with E-state index in [9.17, 15) is 4.79 Å². The largest absolute Gasteiger partial charge is 0.346 e. The summed E-state index contributed by atoms with van der Waals surface area (Å²) in [4.78, 5) is 11.8. The molecular weight excluding hydrogens is 210 g/mol. The molecule has 1 aliphatic carbocycles. The monoisotopic (exact) mass is 233 g/mol. The number of carbonyl (C=O) groups excluding carboxylic acids is 1. The lowest BCUT2D eigenvalue weighted by atomic mass is 9.70. The van der Waals surface area contributed by atoms with Gasteiger partial charge in [0.25, 0.3) is 0 Å². The van der Waals surface area contributed by atoms with Gasteiger partial charge in [-0.1, -0.05) is 26.8 Å². The van der Waals surface area contributed by atoms with Crippen LogP contribution >= 0.6 is 0 Å². The first-order chi connectivity index (χ1) is 7.93. The van der Waals surface area contributed by atoms with Crippen LogP contribution in [0.5, 0.6) is 0 Å². The Morgan fingerprint density at radius 1 is 1.47 bits per heavy atom. The van der Waals surface area contributed by atoms with Crippen LogP contribution in [0.3, 0.4) is 0 Å². The Labute approximate surface area is 104 Å². The maximum atomic E-state index is 11.8. The molecule has 1 N–H and O–H groups in total. The molecular formula is C15H23NO. The van der Waals surface area contributed by atoms with E-state index in [1.165, 1.54) is 5.57 Å². The third-order valence-electron chi connectivity index (χ3n) is 4.22. The first kappa shape index (κ1) is 12.4. The fraction of sp³-hybridized carbons (Fsp3) is 0.667. The molecule has 2 nitrogen and oxygen atoms in total. The van der Waals surface area contributed by atoms with E-state index in [1.807, 2.05) is 6.08 Å². The lowest BCUT2D eigenvalue weighted by Crippen LogP contribution is -2.29. The summed E-state index contributed by atoms with van der Waals surface area (Å²) in [5.41, 5.74) is 2.77. The van der Waals surface area contributed by atoms with Crippen molar-refractivity contribution in [2.75, 3.05) is 0 Å². The first-order valence-corrected chi connectivity index (χ1v) is 6.57. The van der Waals surface area contributed by atoms with Crippen LogP contribution in [-0.2, 0) is 4.79 Å². The summed E-state index contributed by atoms with van der Waals surface area (Å²) in [5, 5.41) is 3.08. The van der Waals surface area contributed by atoms with Crippen molar-refractivity contribution in [1.82, 2.24) is 5.32 Å². The highest BCUT2D eigenvalue weighted by Gasteiger charge is 2.38. The number of nitrogens with one attached hydrogen (secondary N) is 1. The summed E-state index contributed by atoms with van der Waals surface area (Å²) >= 11 is 0. The lowest BCUT2D eigenvalue weighted by Gasteiger charge is -2.35. The van der Waals surface area contributed by atoms with E-state index in [0.717, 1.165) is 31.3 Å². The van der Waals surface area contributed by atoms with Gasteiger partial charge in [-0.3, -0.25) is 4.79 Å². The van der Waals surface area contributed by atoms with Crippen molar-refractivity contribution in [1.29, 1.82) is 0 Å². The summed E-state index contributed by atoms with van der Waals surface area (Å²) in [6, 6.07) is 0.222. The quantitative estimate of drug-likeness (QED) is 0.729. The van der Waals surface area contributed by atoms with E-state index < -0.39 is 0 Å². The molecule has 0 saturated heterocycles. The SMILES string of the molecule is C=CC[C@@H]1NC(=O)C2=C1CC(C(C)(C)C)CC2. The van der Waals surface area contributed by atoms with Gasteiger partial charge in [0.1, 0.15) is 0 Å². The Morgan fingerprint density at radius 2 is 2.18 bits per heavy atom. The zero-order chi connectivity index (χ0) is 12.6. The van der Waals surface area contributed by atoms with Crippen molar-refractivity contribution in [3.05, 3.63) is 23.8 Å². The second-order valence-corrected chi connectivity index (χ2v) is 6.36. The molecule has 0 radical (unpaired) electrons. The van der Waals surface area contributed by atoms with Gasteiger partial charge in [0.05, 0.1) is 6.04 Å². The van der Waals surface area contributed by atoms with Gasteiger partial charge in [-0.2, -0.15) is 0 Å². The lowest BCUT2D eigenvalue weighted by molar-refractivity contribution is -0.117. The molecule has 1 amide bonds. The minimum absolute atomic E-state index is 0.166. The molecule has 0 fully saturated rings. The summed E-state index contributed by atoms with van der Waals surface area (Å²) < 4.78 is 0. The minimum Gasteiger partial charge on any atom is -0.346 e. The zero-order valence-electron chi connectivity index (χ0n) is 11.2. The Bertz CT molecular complexity index is 373. The van der Waals surface area contributed by atoms with Gasteiger partial charge in [0.2, 0.25) is 5.91 Å². The minimum atomic E-state index is 0.166. The highest BCUT2D eigenvalue weighted by Crippen LogP contribution is 2.43. The Kier molecular flexibility index (Phi) is 3.15. The molecule has 0 aromatic rings. The van der Waals surface area contributed by atoms with Crippen LogP contribution in [0.2, 0.25) is 0 Å². The molecule has 2 atom stereocenters. The standard InChI is InChI=1S/C15H23NO/c1-5-6-13-12-9-10(15(2,3)4)7-8-11(12)14(17)16-13/h5,10,13H,1,6-9H2,2-4H3,(H,16,17)/t10?,13-/m0/s1. The molecule has 0 aromatic heterocycles. The van der Waals surface area contributed by atoms with Gasteiger partial charge in [-0.15, -0.1) is 6.58 Å². The van der Waals surface area contributed by atoms with Crippen LogP contribution in [0.1, 0.15) is 46.5 Å². The summed E-state index contributed by atoms with van der Waals surface area (Å²) in [6.45, 7) is 10.7. The maximum absolute atomic E-state index is 11.8. The predicted molar refractivity (Wildman–Crippen MR) is 70.6 cm³/mol. The van der Waals surface area contributed by atoms with Gasteiger partial charge in [0, 0.05) is 5.57 Å². The van der Waals surface area contributed by atoms with E-state index in [4.69, 9.17) is 0 Å². The molecule has 17 heavy (non-hydrogen) atoms. The fourth-order valence-electron chi connectivity index (χ4n) is 3.02. The number of hydrogen-bond acceptors (Lipinski definition) is 1.